The molecule has 0 bridgehead atoms. The van der Waals surface area contributed by atoms with E-state index in [0.717, 1.165) is 4.90 Å². The first-order valence-electron chi connectivity index (χ1n) is 12.1. The molecule has 1 aromatic heterocycles. The number of ether oxygens (including phenoxy) is 1. The van der Waals surface area contributed by atoms with E-state index in [4.69, 9.17) is 27.9 Å². The number of halogens is 3. The number of carbonyl (C=O) groups excluding carboxylic acids is 2. The van der Waals surface area contributed by atoms with Crippen LogP contribution in [0.25, 0.3) is 11.1 Å². The van der Waals surface area contributed by atoms with Gasteiger partial charge in [0.2, 0.25) is 0 Å². The Balaban J connectivity index is 1.78. The van der Waals surface area contributed by atoms with E-state index in [9.17, 15) is 19.8 Å². The summed E-state index contributed by atoms with van der Waals surface area (Å²) in [5.41, 5.74) is -0.987. The molecule has 1 saturated carbocycles. The number of amides is 2. The second kappa shape index (κ2) is 10.0. The quantitative estimate of drug-likeness (QED) is 0.414. The molecule has 3 aromatic rings. The normalized spacial score (nSPS) is 20.4. The lowest BCUT2D eigenvalue weighted by Crippen LogP contribution is -2.54. The van der Waals surface area contributed by atoms with Crippen molar-refractivity contribution in [3.8, 4) is 11.1 Å². The number of hydrogen-bond acceptors (Lipinski definition) is 6. The van der Waals surface area contributed by atoms with Gasteiger partial charge in [0.1, 0.15) is 11.9 Å². The third kappa shape index (κ3) is 4.61. The highest BCUT2D eigenvalue weighted by molar-refractivity contribution is 6.30. The summed E-state index contributed by atoms with van der Waals surface area (Å²) in [4.78, 5) is 32.6. The summed E-state index contributed by atoms with van der Waals surface area (Å²) in [7, 11) is 0. The number of carbonyl (C=O) groups is 2. The van der Waals surface area contributed by atoms with Gasteiger partial charge in [0.15, 0.2) is 5.72 Å². The van der Waals surface area contributed by atoms with Crippen molar-refractivity contribution in [1.82, 2.24) is 9.88 Å². The van der Waals surface area contributed by atoms with Gasteiger partial charge in [-0.15, -0.1) is 0 Å². The minimum atomic E-state index is -1.80. The Morgan fingerprint density at radius 1 is 1.13 bits per heavy atom. The lowest BCUT2D eigenvalue weighted by molar-refractivity contribution is -0.178. The van der Waals surface area contributed by atoms with E-state index in [-0.39, 0.29) is 41.3 Å². The lowest BCUT2D eigenvalue weighted by Gasteiger charge is -2.40. The minimum absolute atomic E-state index is 0.0187. The smallest absolute Gasteiger partial charge is 0.263 e. The van der Waals surface area contributed by atoms with E-state index in [1.807, 2.05) is 0 Å². The third-order valence-corrected chi connectivity index (χ3v) is 7.63. The van der Waals surface area contributed by atoms with Gasteiger partial charge in [0, 0.05) is 45.4 Å². The van der Waals surface area contributed by atoms with Crippen LogP contribution in [0.2, 0.25) is 10.0 Å². The second-order valence-corrected chi connectivity index (χ2v) is 10.8. The molecule has 0 saturated heterocycles. The molecule has 1 unspecified atom stereocenters. The van der Waals surface area contributed by atoms with Crippen LogP contribution in [0.4, 0.5) is 4.39 Å². The van der Waals surface area contributed by atoms with Crippen molar-refractivity contribution in [3.05, 3.63) is 87.4 Å². The fraction of sp³-hybridized carbons (Fsp3) is 0.321. The number of aromatic nitrogens is 1. The SMILES string of the molecule is CC(O)C(=O)N1C(=O)c2cccc(-c3ccc(Cl)cc3F)c2[C@]1(Cc1ccc(Cl)cn1)OCC1(CO)CC1. The van der Waals surface area contributed by atoms with Crippen LogP contribution in [0, 0.1) is 11.2 Å². The number of rotatable bonds is 8. The largest absolute Gasteiger partial charge is 0.396 e. The molecule has 7 nitrogen and oxygen atoms in total. The van der Waals surface area contributed by atoms with Crippen molar-refractivity contribution >= 4 is 35.0 Å². The summed E-state index contributed by atoms with van der Waals surface area (Å²) >= 11 is 12.0. The molecule has 2 amide bonds. The first-order chi connectivity index (χ1) is 18.1. The molecule has 0 radical (unpaired) electrons. The van der Waals surface area contributed by atoms with Gasteiger partial charge in [-0.3, -0.25) is 14.6 Å². The van der Waals surface area contributed by atoms with Crippen LogP contribution >= 0.6 is 23.2 Å². The highest BCUT2D eigenvalue weighted by Crippen LogP contribution is 2.52. The summed E-state index contributed by atoms with van der Waals surface area (Å²) in [5, 5.41) is 20.9. The van der Waals surface area contributed by atoms with E-state index >= 15 is 4.39 Å². The number of aliphatic hydroxyl groups is 2. The fourth-order valence-corrected chi connectivity index (χ4v) is 5.12. The number of fused-ring (bicyclic) bond motifs is 1. The number of aliphatic hydroxyl groups excluding tert-OH is 2. The van der Waals surface area contributed by atoms with Crippen LogP contribution in [0.1, 0.15) is 41.4 Å². The predicted molar refractivity (Wildman–Crippen MR) is 139 cm³/mol. The molecule has 38 heavy (non-hydrogen) atoms. The first-order valence-corrected chi connectivity index (χ1v) is 12.9. The fourth-order valence-electron chi connectivity index (χ4n) is 4.85. The Morgan fingerprint density at radius 2 is 1.84 bits per heavy atom. The van der Waals surface area contributed by atoms with Gasteiger partial charge in [-0.1, -0.05) is 35.3 Å². The van der Waals surface area contributed by atoms with Crippen LogP contribution in [-0.2, 0) is 21.7 Å². The van der Waals surface area contributed by atoms with Crippen LogP contribution in [-0.4, -0.2) is 51.2 Å². The summed E-state index contributed by atoms with van der Waals surface area (Å²) in [6, 6.07) is 12.2. The van der Waals surface area contributed by atoms with Crippen LogP contribution in [0.3, 0.4) is 0 Å². The van der Waals surface area contributed by atoms with Crippen LogP contribution in [0.15, 0.2) is 54.7 Å². The number of benzene rings is 2. The third-order valence-electron chi connectivity index (χ3n) is 7.17. The molecule has 198 valence electrons. The molecule has 2 aliphatic rings. The van der Waals surface area contributed by atoms with Crippen LogP contribution < -0.4 is 0 Å². The Hall–Kier alpha value is -2.88. The molecule has 10 heteroatoms. The molecule has 2 heterocycles. The maximum atomic E-state index is 15.3. The molecule has 2 atom stereocenters. The second-order valence-electron chi connectivity index (χ2n) is 9.88. The van der Waals surface area contributed by atoms with Gasteiger partial charge in [-0.25, -0.2) is 9.29 Å². The molecule has 2 N–H and O–H groups in total. The molecule has 0 spiro atoms. The van der Waals surface area contributed by atoms with Crippen molar-refractivity contribution in [1.29, 1.82) is 0 Å². The van der Waals surface area contributed by atoms with E-state index in [1.54, 1.807) is 24.3 Å². The topological polar surface area (TPSA) is 100.0 Å². The van der Waals surface area contributed by atoms with Crippen molar-refractivity contribution in [3.63, 3.8) is 0 Å². The van der Waals surface area contributed by atoms with Gasteiger partial charge >= 0.3 is 0 Å². The molecular formula is C28H25Cl2FN2O5. The van der Waals surface area contributed by atoms with E-state index in [2.05, 4.69) is 4.98 Å². The number of pyridine rings is 1. The Morgan fingerprint density at radius 3 is 2.45 bits per heavy atom. The summed E-state index contributed by atoms with van der Waals surface area (Å²) in [5.74, 6) is -2.19. The number of imide groups is 1. The van der Waals surface area contributed by atoms with E-state index in [0.29, 0.717) is 29.1 Å². The zero-order valence-corrected chi connectivity index (χ0v) is 22.0. The Labute approximate surface area is 228 Å². The molecule has 1 aliphatic carbocycles. The monoisotopic (exact) mass is 558 g/mol. The zero-order valence-electron chi connectivity index (χ0n) is 20.5. The molecule has 2 aromatic carbocycles. The highest BCUT2D eigenvalue weighted by atomic mass is 35.5. The molecule has 1 aliphatic heterocycles. The lowest BCUT2D eigenvalue weighted by atomic mass is 9.87. The van der Waals surface area contributed by atoms with Gasteiger partial charge in [0.25, 0.3) is 11.8 Å². The Kier molecular flexibility index (Phi) is 7.04. The van der Waals surface area contributed by atoms with E-state index < -0.39 is 34.9 Å². The van der Waals surface area contributed by atoms with E-state index in [1.165, 1.54) is 37.4 Å². The standard InChI is InChI=1S/C28H25Cl2FN2O5/c1-16(35)25(36)33-26(37)22-4-2-3-21(20-8-6-17(29)11-23(20)31)24(22)28(33,38-15-27(14-34)9-10-27)12-19-7-5-18(30)13-32-19/h2-8,11,13,16,34-35H,9-10,12,14-15H2,1H3/t16?,28-/m0/s1. The maximum absolute atomic E-state index is 15.3. The predicted octanol–water partition coefficient (Wildman–Crippen LogP) is 4.74. The van der Waals surface area contributed by atoms with Gasteiger partial charge < -0.3 is 14.9 Å². The molecular weight excluding hydrogens is 534 g/mol. The van der Waals surface area contributed by atoms with Crippen molar-refractivity contribution in [2.75, 3.05) is 13.2 Å². The minimum Gasteiger partial charge on any atom is -0.396 e. The zero-order chi connectivity index (χ0) is 27.2. The van der Waals surface area contributed by atoms with Crippen molar-refractivity contribution < 1.29 is 28.9 Å². The van der Waals surface area contributed by atoms with Crippen molar-refractivity contribution in [2.24, 2.45) is 5.41 Å². The average molecular weight is 559 g/mol. The Bertz CT molecular complexity index is 1410. The van der Waals surface area contributed by atoms with Gasteiger partial charge in [-0.2, -0.15) is 0 Å². The maximum Gasteiger partial charge on any atom is 0.263 e. The van der Waals surface area contributed by atoms with Crippen molar-refractivity contribution in [2.45, 2.75) is 38.0 Å². The number of nitrogens with zero attached hydrogens (tertiary/aromatic N) is 2. The summed E-state index contributed by atoms with van der Waals surface area (Å²) < 4.78 is 21.8. The first kappa shape index (κ1) is 26.7. The highest BCUT2D eigenvalue weighted by Gasteiger charge is 2.57. The molecule has 5 rings (SSSR count). The van der Waals surface area contributed by atoms with Gasteiger partial charge in [-0.05, 0) is 61.7 Å². The van der Waals surface area contributed by atoms with Gasteiger partial charge in [0.05, 0.1) is 18.2 Å². The summed E-state index contributed by atoms with van der Waals surface area (Å²) in [6.45, 7) is 1.14. The summed E-state index contributed by atoms with van der Waals surface area (Å²) in [6.07, 6.45) is 1.21. The molecule has 1 fully saturated rings. The number of hydrogen-bond donors (Lipinski definition) is 2. The van der Waals surface area contributed by atoms with Crippen LogP contribution in [0.5, 0.6) is 0 Å². The average Bonchev–Trinajstić information content (AvgIpc) is 3.64.